The van der Waals surface area contributed by atoms with Gasteiger partial charge in [0.25, 0.3) is 0 Å². The fourth-order valence-corrected chi connectivity index (χ4v) is 3.33. The Kier molecular flexibility index (Phi) is 3.74. The Balaban J connectivity index is 1.68. The van der Waals surface area contributed by atoms with E-state index in [9.17, 15) is 0 Å². The molecule has 1 saturated heterocycles. The van der Waals surface area contributed by atoms with Gasteiger partial charge in [0.2, 0.25) is 0 Å². The number of nitrogens with two attached hydrogens (primary N) is 1. The zero-order chi connectivity index (χ0) is 16.5. The van der Waals surface area contributed by atoms with Gasteiger partial charge in [0.15, 0.2) is 0 Å². The van der Waals surface area contributed by atoms with Crippen molar-refractivity contribution in [2.24, 2.45) is 5.73 Å². The van der Waals surface area contributed by atoms with Crippen molar-refractivity contribution in [3.63, 3.8) is 0 Å². The molecule has 3 heterocycles. The monoisotopic (exact) mass is 320 g/mol. The van der Waals surface area contributed by atoms with Gasteiger partial charge in [-0.25, -0.2) is 0 Å². The number of H-pyrrole nitrogens is 1. The summed E-state index contributed by atoms with van der Waals surface area (Å²) in [4.78, 5) is 6.88. The molecule has 1 aliphatic rings. The minimum absolute atomic E-state index is 0.0284. The Labute approximate surface area is 140 Å². The van der Waals surface area contributed by atoms with Gasteiger partial charge in [-0.2, -0.15) is 5.10 Å². The number of nitrogens with zero attached hydrogens (tertiary/aromatic N) is 3. The van der Waals surface area contributed by atoms with Gasteiger partial charge in [0, 0.05) is 29.9 Å². The molecule has 4 N–H and O–H groups in total. The normalized spacial score (nSPS) is 15.2. The quantitative estimate of drug-likeness (QED) is 0.508. The van der Waals surface area contributed by atoms with Gasteiger partial charge in [-0.05, 0) is 55.3 Å². The molecule has 0 aliphatic carbocycles. The molecule has 0 radical (unpaired) electrons. The summed E-state index contributed by atoms with van der Waals surface area (Å²) in [7, 11) is 0. The second kappa shape index (κ2) is 6.05. The maximum Gasteiger partial charge on any atom is 0.144 e. The van der Waals surface area contributed by atoms with Crippen LogP contribution >= 0.6 is 0 Å². The number of likely N-dealkylation sites (tertiary alicyclic amines) is 1. The Morgan fingerprint density at radius 2 is 2.00 bits per heavy atom. The van der Waals surface area contributed by atoms with Crippen molar-refractivity contribution in [1.82, 2.24) is 20.1 Å². The van der Waals surface area contributed by atoms with E-state index in [-0.39, 0.29) is 5.84 Å². The first-order valence-electron chi connectivity index (χ1n) is 8.20. The lowest BCUT2D eigenvalue weighted by molar-refractivity contribution is 0.331. The van der Waals surface area contributed by atoms with Gasteiger partial charge in [0.1, 0.15) is 11.5 Å². The van der Waals surface area contributed by atoms with Crippen molar-refractivity contribution < 1.29 is 0 Å². The highest BCUT2D eigenvalue weighted by Gasteiger charge is 2.13. The highest BCUT2D eigenvalue weighted by atomic mass is 15.1. The molecule has 0 unspecified atom stereocenters. The summed E-state index contributed by atoms with van der Waals surface area (Å²) >= 11 is 0. The third kappa shape index (κ3) is 2.76. The summed E-state index contributed by atoms with van der Waals surface area (Å²) in [5.41, 5.74) is 10.3. The second-order valence-corrected chi connectivity index (χ2v) is 6.31. The van der Waals surface area contributed by atoms with Crippen molar-refractivity contribution in [1.29, 1.82) is 5.41 Å². The number of nitrogens with one attached hydrogen (secondary N) is 2. The summed E-state index contributed by atoms with van der Waals surface area (Å²) in [6.07, 6.45) is 6.40. The zero-order valence-electron chi connectivity index (χ0n) is 13.4. The first-order valence-corrected chi connectivity index (χ1v) is 8.20. The summed E-state index contributed by atoms with van der Waals surface area (Å²) in [5.74, 6) is -0.0284. The zero-order valence-corrected chi connectivity index (χ0v) is 13.4. The highest BCUT2D eigenvalue weighted by Crippen LogP contribution is 2.26. The number of hydrogen-bond donors (Lipinski definition) is 3. The largest absolute Gasteiger partial charge is 0.382 e. The third-order valence-corrected chi connectivity index (χ3v) is 4.55. The Bertz CT molecular complexity index is 891. The van der Waals surface area contributed by atoms with Gasteiger partial charge in [-0.1, -0.05) is 6.07 Å². The van der Waals surface area contributed by atoms with E-state index in [4.69, 9.17) is 11.1 Å². The number of hydrogen-bond acceptors (Lipinski definition) is 4. The van der Waals surface area contributed by atoms with Gasteiger partial charge in [0.05, 0.1) is 5.52 Å². The van der Waals surface area contributed by atoms with Crippen molar-refractivity contribution in [2.75, 3.05) is 13.1 Å². The SMILES string of the molecule is N=C(N)c1n[nH]c2ccc(-c3cncc(CN4CCCC4)c3)cc12. The van der Waals surface area contributed by atoms with E-state index in [1.54, 1.807) is 0 Å². The van der Waals surface area contributed by atoms with Crippen molar-refractivity contribution in [3.05, 3.63) is 47.9 Å². The minimum atomic E-state index is -0.0284. The molecule has 0 spiro atoms. The maximum atomic E-state index is 7.65. The minimum Gasteiger partial charge on any atom is -0.382 e. The van der Waals surface area contributed by atoms with Crippen LogP contribution in [0.1, 0.15) is 24.1 Å². The van der Waals surface area contributed by atoms with E-state index in [0.717, 1.165) is 28.6 Å². The van der Waals surface area contributed by atoms with Crippen LogP contribution in [0.3, 0.4) is 0 Å². The van der Waals surface area contributed by atoms with E-state index in [2.05, 4.69) is 26.1 Å². The molecule has 3 aromatic rings. The average Bonchev–Trinajstić information content (AvgIpc) is 3.23. The van der Waals surface area contributed by atoms with E-state index >= 15 is 0 Å². The van der Waals surface area contributed by atoms with Gasteiger partial charge in [-0.15, -0.1) is 0 Å². The molecule has 1 aliphatic heterocycles. The molecule has 24 heavy (non-hydrogen) atoms. The summed E-state index contributed by atoms with van der Waals surface area (Å²) in [6, 6.07) is 8.23. The number of aromatic nitrogens is 3. The third-order valence-electron chi connectivity index (χ3n) is 4.55. The molecular weight excluding hydrogens is 300 g/mol. The number of fused-ring (bicyclic) bond motifs is 1. The lowest BCUT2D eigenvalue weighted by Gasteiger charge is -2.14. The predicted molar refractivity (Wildman–Crippen MR) is 94.9 cm³/mol. The van der Waals surface area contributed by atoms with E-state index in [1.807, 2.05) is 30.6 Å². The van der Waals surface area contributed by atoms with Gasteiger partial charge in [-0.3, -0.25) is 20.4 Å². The fraction of sp³-hybridized carbons (Fsp3) is 0.278. The summed E-state index contributed by atoms with van der Waals surface area (Å²) in [5, 5.41) is 15.5. The van der Waals surface area contributed by atoms with Crippen LogP contribution in [-0.2, 0) is 6.54 Å². The van der Waals surface area contributed by atoms with Crippen molar-refractivity contribution in [3.8, 4) is 11.1 Å². The number of rotatable bonds is 4. The van der Waals surface area contributed by atoms with Crippen LogP contribution in [0.2, 0.25) is 0 Å². The lowest BCUT2D eigenvalue weighted by atomic mass is 10.0. The molecule has 0 saturated carbocycles. The second-order valence-electron chi connectivity index (χ2n) is 6.31. The molecule has 122 valence electrons. The first kappa shape index (κ1) is 14.8. The molecule has 1 fully saturated rings. The molecule has 1 aromatic carbocycles. The van der Waals surface area contributed by atoms with Crippen molar-refractivity contribution >= 4 is 16.7 Å². The van der Waals surface area contributed by atoms with Crippen LogP contribution in [0.15, 0.2) is 36.7 Å². The van der Waals surface area contributed by atoms with Crippen LogP contribution in [0, 0.1) is 5.41 Å². The Hall–Kier alpha value is -2.73. The molecule has 2 aromatic heterocycles. The maximum absolute atomic E-state index is 7.65. The van der Waals surface area contributed by atoms with Gasteiger partial charge >= 0.3 is 0 Å². The van der Waals surface area contributed by atoms with Crippen molar-refractivity contribution in [2.45, 2.75) is 19.4 Å². The number of benzene rings is 1. The molecule has 0 amide bonds. The van der Waals surface area contributed by atoms with E-state index < -0.39 is 0 Å². The average molecular weight is 320 g/mol. The number of nitrogen functional groups attached to an aromatic ring is 1. The molecule has 4 rings (SSSR count). The Morgan fingerprint density at radius 1 is 1.17 bits per heavy atom. The molecule has 6 nitrogen and oxygen atoms in total. The van der Waals surface area contributed by atoms with Crippen LogP contribution in [0.4, 0.5) is 0 Å². The number of amidine groups is 1. The first-order chi connectivity index (χ1) is 11.7. The van der Waals surface area contributed by atoms with Crippen LogP contribution in [-0.4, -0.2) is 39.0 Å². The number of aromatic amines is 1. The summed E-state index contributed by atoms with van der Waals surface area (Å²) in [6.45, 7) is 3.30. The summed E-state index contributed by atoms with van der Waals surface area (Å²) < 4.78 is 0. The topological polar surface area (TPSA) is 94.7 Å². The highest BCUT2D eigenvalue weighted by molar-refractivity contribution is 6.06. The molecule has 0 bridgehead atoms. The van der Waals surface area contributed by atoms with E-state index in [0.29, 0.717) is 5.69 Å². The molecule has 6 heteroatoms. The molecular formula is C18H20N6. The van der Waals surface area contributed by atoms with Crippen LogP contribution in [0.5, 0.6) is 0 Å². The Morgan fingerprint density at radius 3 is 2.79 bits per heavy atom. The number of pyridine rings is 1. The molecule has 0 atom stereocenters. The smallest absolute Gasteiger partial charge is 0.144 e. The standard InChI is InChI=1S/C18H20N6/c19-18(20)17-15-8-13(3-4-16(15)22-23-17)14-7-12(9-21-10-14)11-24-5-1-2-6-24/h3-4,7-10H,1-2,5-6,11H2,(H3,19,20)(H,22,23). The predicted octanol–water partition coefficient (Wildman–Crippen LogP) is 2.50. The van der Waals surface area contributed by atoms with E-state index in [1.165, 1.54) is 31.5 Å². The van der Waals surface area contributed by atoms with Gasteiger partial charge < -0.3 is 5.73 Å². The fourth-order valence-electron chi connectivity index (χ4n) is 3.33. The lowest BCUT2D eigenvalue weighted by Crippen LogP contribution is -2.18. The van der Waals surface area contributed by atoms with Crippen LogP contribution in [0.25, 0.3) is 22.0 Å². The van der Waals surface area contributed by atoms with Crippen LogP contribution < -0.4 is 5.73 Å².